The molecular formula is C22H29N3O4. The summed E-state index contributed by atoms with van der Waals surface area (Å²) in [4.78, 5) is 51.7. The number of urea groups is 1. The van der Waals surface area contributed by atoms with Crippen LogP contribution in [0.2, 0.25) is 0 Å². The quantitative estimate of drug-likeness (QED) is 0.586. The second-order valence-corrected chi connectivity index (χ2v) is 8.16. The Morgan fingerprint density at radius 3 is 2.38 bits per heavy atom. The molecule has 29 heavy (non-hydrogen) atoms. The van der Waals surface area contributed by atoms with E-state index < -0.39 is 30.3 Å². The maximum absolute atomic E-state index is 12.7. The average Bonchev–Trinajstić information content (AvgIpc) is 2.92. The standard InChI is InChI=1S/C22H29N3O4/c1-4-14(2)16-9-11-17(12-10-16)23-19(26)13-24-20(27)21(28)25(22(24)29)18-8-6-5-7-15(18)3/h9-12,14-15,18H,4-8,13H2,1-3H3,(H,23,26)/t14-,15-,18-/m0/s1. The highest BCUT2D eigenvalue weighted by atomic mass is 16.2. The lowest BCUT2D eigenvalue weighted by molar-refractivity contribution is -0.145. The van der Waals surface area contributed by atoms with E-state index in [0.717, 1.165) is 35.5 Å². The minimum atomic E-state index is -0.921. The van der Waals surface area contributed by atoms with Crippen LogP contribution in [0.5, 0.6) is 0 Å². The van der Waals surface area contributed by atoms with Crippen molar-refractivity contribution in [2.45, 2.75) is 64.8 Å². The van der Waals surface area contributed by atoms with E-state index in [9.17, 15) is 19.2 Å². The van der Waals surface area contributed by atoms with Gasteiger partial charge in [-0.25, -0.2) is 9.69 Å². The van der Waals surface area contributed by atoms with Gasteiger partial charge in [0, 0.05) is 11.7 Å². The van der Waals surface area contributed by atoms with Crippen LogP contribution < -0.4 is 5.32 Å². The summed E-state index contributed by atoms with van der Waals surface area (Å²) in [6.45, 7) is 5.78. The van der Waals surface area contributed by atoms with Crippen LogP contribution in [0.25, 0.3) is 0 Å². The lowest BCUT2D eigenvalue weighted by Crippen LogP contribution is -2.46. The van der Waals surface area contributed by atoms with Crippen molar-refractivity contribution in [2.75, 3.05) is 11.9 Å². The number of imide groups is 2. The largest absolute Gasteiger partial charge is 0.334 e. The first kappa shape index (κ1) is 21.0. The molecule has 1 saturated heterocycles. The molecule has 0 radical (unpaired) electrons. The van der Waals surface area contributed by atoms with E-state index in [2.05, 4.69) is 19.2 Å². The van der Waals surface area contributed by atoms with Gasteiger partial charge in [-0.05, 0) is 48.8 Å². The molecule has 3 atom stereocenters. The Hall–Kier alpha value is -2.70. The van der Waals surface area contributed by atoms with Gasteiger partial charge in [-0.15, -0.1) is 0 Å². The van der Waals surface area contributed by atoms with Gasteiger partial charge in [0.25, 0.3) is 0 Å². The first-order valence-corrected chi connectivity index (χ1v) is 10.4. The van der Waals surface area contributed by atoms with E-state index in [4.69, 9.17) is 0 Å². The Balaban J connectivity index is 1.64. The van der Waals surface area contributed by atoms with E-state index in [1.807, 2.05) is 19.1 Å². The van der Waals surface area contributed by atoms with Crippen molar-refractivity contribution in [3.8, 4) is 0 Å². The number of hydrogen-bond donors (Lipinski definition) is 1. The number of nitrogens with one attached hydrogen (secondary N) is 1. The van der Waals surface area contributed by atoms with E-state index in [0.29, 0.717) is 18.0 Å². The van der Waals surface area contributed by atoms with Crippen molar-refractivity contribution in [1.82, 2.24) is 9.80 Å². The van der Waals surface area contributed by atoms with Gasteiger partial charge in [0.15, 0.2) is 0 Å². The van der Waals surface area contributed by atoms with E-state index in [-0.39, 0.29) is 12.0 Å². The molecule has 0 bridgehead atoms. The maximum atomic E-state index is 12.7. The van der Waals surface area contributed by atoms with E-state index in [1.54, 1.807) is 12.1 Å². The zero-order valence-corrected chi connectivity index (χ0v) is 17.3. The molecule has 1 aliphatic carbocycles. The number of hydrogen-bond acceptors (Lipinski definition) is 4. The molecule has 0 unspecified atom stereocenters. The number of carbonyl (C=O) groups excluding carboxylic acids is 4. The molecule has 0 aromatic heterocycles. The smallest absolute Gasteiger partial charge is 0.325 e. The molecule has 1 aromatic carbocycles. The zero-order chi connectivity index (χ0) is 21.1. The number of anilines is 1. The Kier molecular flexibility index (Phi) is 6.35. The zero-order valence-electron chi connectivity index (χ0n) is 17.3. The molecule has 1 heterocycles. The molecule has 3 rings (SSSR count). The van der Waals surface area contributed by atoms with Gasteiger partial charge in [0.05, 0.1) is 0 Å². The van der Waals surface area contributed by atoms with Crippen molar-refractivity contribution in [2.24, 2.45) is 5.92 Å². The average molecular weight is 399 g/mol. The van der Waals surface area contributed by atoms with Crippen LogP contribution in [-0.2, 0) is 14.4 Å². The molecular weight excluding hydrogens is 370 g/mol. The van der Waals surface area contributed by atoms with Crippen molar-refractivity contribution in [3.63, 3.8) is 0 Å². The van der Waals surface area contributed by atoms with Gasteiger partial charge in [0.1, 0.15) is 6.54 Å². The molecule has 2 aliphatic rings. The van der Waals surface area contributed by atoms with Gasteiger partial charge in [-0.3, -0.25) is 19.3 Å². The molecule has 156 valence electrons. The maximum Gasteiger partial charge on any atom is 0.334 e. The summed E-state index contributed by atoms with van der Waals surface area (Å²) in [5.74, 6) is -1.66. The lowest BCUT2D eigenvalue weighted by Gasteiger charge is -2.34. The van der Waals surface area contributed by atoms with Gasteiger partial charge in [0.2, 0.25) is 5.91 Å². The molecule has 1 N–H and O–H groups in total. The Morgan fingerprint density at radius 2 is 1.76 bits per heavy atom. The van der Waals surface area contributed by atoms with Crippen LogP contribution in [0.1, 0.15) is 64.4 Å². The van der Waals surface area contributed by atoms with Crippen LogP contribution in [0.4, 0.5) is 10.5 Å². The molecule has 7 nitrogen and oxygen atoms in total. The highest BCUT2D eigenvalue weighted by molar-refractivity contribution is 6.45. The fraction of sp³-hybridized carbons (Fsp3) is 0.545. The third-order valence-electron chi connectivity index (χ3n) is 6.16. The van der Waals surface area contributed by atoms with Gasteiger partial charge in [-0.2, -0.15) is 0 Å². The summed E-state index contributed by atoms with van der Waals surface area (Å²) < 4.78 is 0. The van der Waals surface area contributed by atoms with Crippen LogP contribution in [-0.4, -0.2) is 46.1 Å². The van der Waals surface area contributed by atoms with E-state index in [1.165, 1.54) is 5.56 Å². The second-order valence-electron chi connectivity index (χ2n) is 8.16. The van der Waals surface area contributed by atoms with Crippen LogP contribution in [0.15, 0.2) is 24.3 Å². The third kappa shape index (κ3) is 4.33. The van der Waals surface area contributed by atoms with E-state index >= 15 is 0 Å². The summed E-state index contributed by atoms with van der Waals surface area (Å²) in [5, 5.41) is 2.70. The number of benzene rings is 1. The molecule has 7 heteroatoms. The number of rotatable bonds is 6. The molecule has 0 spiro atoms. The predicted molar refractivity (Wildman–Crippen MR) is 109 cm³/mol. The topological polar surface area (TPSA) is 86.8 Å². The highest BCUT2D eigenvalue weighted by Crippen LogP contribution is 2.31. The number of amides is 5. The summed E-state index contributed by atoms with van der Waals surface area (Å²) >= 11 is 0. The first-order valence-electron chi connectivity index (χ1n) is 10.4. The summed E-state index contributed by atoms with van der Waals surface area (Å²) in [6, 6.07) is 6.55. The summed E-state index contributed by atoms with van der Waals surface area (Å²) in [6.07, 6.45) is 4.63. The normalized spacial score (nSPS) is 23.5. The van der Waals surface area contributed by atoms with Gasteiger partial charge >= 0.3 is 17.8 Å². The highest BCUT2D eigenvalue weighted by Gasteiger charge is 2.49. The Morgan fingerprint density at radius 1 is 1.10 bits per heavy atom. The molecule has 1 saturated carbocycles. The third-order valence-corrected chi connectivity index (χ3v) is 6.16. The molecule has 5 amide bonds. The summed E-state index contributed by atoms with van der Waals surface area (Å²) in [7, 11) is 0. The second kappa shape index (κ2) is 8.76. The lowest BCUT2D eigenvalue weighted by atomic mass is 9.85. The predicted octanol–water partition coefficient (Wildman–Crippen LogP) is 3.51. The molecule has 1 aliphatic heterocycles. The van der Waals surface area contributed by atoms with Crippen LogP contribution >= 0.6 is 0 Å². The summed E-state index contributed by atoms with van der Waals surface area (Å²) in [5.41, 5.74) is 1.77. The van der Waals surface area contributed by atoms with Crippen LogP contribution in [0, 0.1) is 5.92 Å². The van der Waals surface area contributed by atoms with Crippen molar-refractivity contribution < 1.29 is 19.2 Å². The van der Waals surface area contributed by atoms with Crippen molar-refractivity contribution >= 4 is 29.4 Å². The fourth-order valence-electron chi connectivity index (χ4n) is 4.11. The minimum absolute atomic E-state index is 0.155. The SMILES string of the molecule is CC[C@H](C)c1ccc(NC(=O)CN2C(=O)C(=O)N([C@H]3CCCC[C@@H]3C)C2=O)cc1. The molecule has 1 aromatic rings. The molecule has 2 fully saturated rings. The first-order chi connectivity index (χ1) is 13.8. The van der Waals surface area contributed by atoms with Gasteiger partial charge in [-0.1, -0.05) is 45.7 Å². The fourth-order valence-corrected chi connectivity index (χ4v) is 4.11. The Bertz CT molecular complexity index is 805. The Labute approximate surface area is 171 Å². The van der Waals surface area contributed by atoms with Crippen LogP contribution in [0.3, 0.4) is 0 Å². The van der Waals surface area contributed by atoms with Gasteiger partial charge < -0.3 is 5.32 Å². The number of carbonyl (C=O) groups is 4. The van der Waals surface area contributed by atoms with Crippen molar-refractivity contribution in [3.05, 3.63) is 29.8 Å². The monoisotopic (exact) mass is 399 g/mol. The van der Waals surface area contributed by atoms with Crippen molar-refractivity contribution in [1.29, 1.82) is 0 Å². The number of nitrogens with zero attached hydrogens (tertiary/aromatic N) is 2. The minimum Gasteiger partial charge on any atom is -0.325 e.